The summed E-state index contributed by atoms with van der Waals surface area (Å²) in [6.07, 6.45) is 2.24. The smallest absolute Gasteiger partial charge is 0.260 e. The van der Waals surface area contributed by atoms with Crippen LogP contribution in [0.5, 0.6) is 0 Å². The lowest BCUT2D eigenvalue weighted by Crippen LogP contribution is -2.30. The predicted molar refractivity (Wildman–Crippen MR) is 111 cm³/mol. The van der Waals surface area contributed by atoms with Gasteiger partial charge in [-0.15, -0.1) is 11.3 Å². The summed E-state index contributed by atoms with van der Waals surface area (Å²) in [5.74, 6) is 0.727. The fraction of sp³-hybridized carbons (Fsp3) is 0.182. The molecule has 0 unspecified atom stereocenters. The summed E-state index contributed by atoms with van der Waals surface area (Å²) < 4.78 is 0. The lowest BCUT2D eigenvalue weighted by Gasteiger charge is -2.30. The van der Waals surface area contributed by atoms with Gasteiger partial charge in [-0.3, -0.25) is 4.79 Å². The molecule has 0 amide bonds. The first-order valence-corrected chi connectivity index (χ1v) is 10.1. The molecule has 0 spiro atoms. The molecule has 3 heterocycles. The number of hydrogen-bond donors (Lipinski definition) is 1. The van der Waals surface area contributed by atoms with Gasteiger partial charge in [0, 0.05) is 23.2 Å². The van der Waals surface area contributed by atoms with Gasteiger partial charge < -0.3 is 9.88 Å². The number of rotatable bonds is 3. The van der Waals surface area contributed by atoms with Gasteiger partial charge in [-0.05, 0) is 30.0 Å². The molecule has 0 saturated heterocycles. The van der Waals surface area contributed by atoms with Crippen molar-refractivity contribution < 1.29 is 0 Å². The number of nitrogens with zero attached hydrogens (tertiary/aromatic N) is 2. The van der Waals surface area contributed by atoms with Gasteiger partial charge in [0.2, 0.25) is 0 Å². The molecule has 2 aromatic heterocycles. The number of H-pyrrole nitrogens is 1. The number of aryl methyl sites for hydroxylation is 1. The average molecular weight is 373 g/mol. The van der Waals surface area contributed by atoms with E-state index in [1.54, 1.807) is 0 Å². The standard InChI is InChI=1S/C22H19N3OS/c26-21-20-17(15-7-2-1-3-8-15)14-27-22(20)24-19(23-21)13-25-12-6-10-16-9-4-5-11-18(16)25/h1-5,7-9,11,14H,6,10,12-13H2,(H,23,24,26). The number of benzene rings is 2. The molecule has 0 saturated carbocycles. The summed E-state index contributed by atoms with van der Waals surface area (Å²) in [5.41, 5.74) is 4.57. The maximum Gasteiger partial charge on any atom is 0.260 e. The highest BCUT2D eigenvalue weighted by atomic mass is 32.1. The average Bonchev–Trinajstić information content (AvgIpc) is 3.14. The van der Waals surface area contributed by atoms with Crippen molar-refractivity contribution in [1.29, 1.82) is 0 Å². The van der Waals surface area contributed by atoms with E-state index in [1.807, 2.05) is 35.7 Å². The van der Waals surface area contributed by atoms with E-state index in [-0.39, 0.29) is 5.56 Å². The van der Waals surface area contributed by atoms with Crippen molar-refractivity contribution in [3.8, 4) is 11.1 Å². The fourth-order valence-corrected chi connectivity index (χ4v) is 4.82. The first-order valence-electron chi connectivity index (χ1n) is 9.18. The van der Waals surface area contributed by atoms with E-state index in [0.29, 0.717) is 11.9 Å². The monoisotopic (exact) mass is 373 g/mol. The molecule has 1 N–H and O–H groups in total. The Balaban J connectivity index is 1.53. The zero-order chi connectivity index (χ0) is 18.2. The summed E-state index contributed by atoms with van der Waals surface area (Å²) in [6, 6.07) is 18.5. The third-order valence-electron chi connectivity index (χ3n) is 5.12. The number of aromatic amines is 1. The Hall–Kier alpha value is -2.92. The molecule has 4 nitrogen and oxygen atoms in total. The van der Waals surface area contributed by atoms with Gasteiger partial charge in [-0.25, -0.2) is 4.98 Å². The third-order valence-corrected chi connectivity index (χ3v) is 6.00. The van der Waals surface area contributed by atoms with Crippen LogP contribution in [0.1, 0.15) is 17.8 Å². The number of aromatic nitrogens is 2. The molecular formula is C22H19N3OS. The van der Waals surface area contributed by atoms with Crippen LogP contribution in [0.3, 0.4) is 0 Å². The van der Waals surface area contributed by atoms with Crippen molar-refractivity contribution in [2.45, 2.75) is 19.4 Å². The van der Waals surface area contributed by atoms with E-state index in [1.165, 1.54) is 22.6 Å². The van der Waals surface area contributed by atoms with E-state index in [9.17, 15) is 4.79 Å². The van der Waals surface area contributed by atoms with Gasteiger partial charge in [0.05, 0.1) is 11.9 Å². The summed E-state index contributed by atoms with van der Waals surface area (Å²) in [5, 5.41) is 2.72. The van der Waals surface area contributed by atoms with Crippen LogP contribution in [0.25, 0.3) is 21.3 Å². The number of nitrogens with one attached hydrogen (secondary N) is 1. The van der Waals surface area contributed by atoms with Gasteiger partial charge in [-0.2, -0.15) is 0 Å². The molecule has 4 aromatic rings. The topological polar surface area (TPSA) is 49.0 Å². The van der Waals surface area contributed by atoms with Gasteiger partial charge in [0.25, 0.3) is 5.56 Å². The second kappa shape index (κ2) is 6.67. The summed E-state index contributed by atoms with van der Waals surface area (Å²) in [7, 11) is 0. The molecule has 5 rings (SSSR count). The maximum absolute atomic E-state index is 12.8. The second-order valence-corrected chi connectivity index (χ2v) is 7.72. The summed E-state index contributed by atoms with van der Waals surface area (Å²) in [4.78, 5) is 23.7. The van der Waals surface area contributed by atoms with Gasteiger partial charge in [-0.1, -0.05) is 48.5 Å². The highest BCUT2D eigenvalue weighted by Crippen LogP contribution is 2.31. The SMILES string of the molecule is O=c1[nH]c(CN2CCCc3ccccc32)nc2scc(-c3ccccc3)c12. The molecule has 2 aromatic carbocycles. The molecule has 0 fully saturated rings. The quantitative estimate of drug-likeness (QED) is 0.571. The van der Waals surface area contributed by atoms with Crippen LogP contribution in [0.2, 0.25) is 0 Å². The van der Waals surface area contributed by atoms with Gasteiger partial charge in [0.1, 0.15) is 10.7 Å². The van der Waals surface area contributed by atoms with Crippen molar-refractivity contribution in [2.24, 2.45) is 0 Å². The van der Waals surface area contributed by atoms with E-state index in [0.717, 1.165) is 41.2 Å². The Kier molecular flexibility index (Phi) is 4.02. The van der Waals surface area contributed by atoms with Crippen molar-refractivity contribution in [3.05, 3.63) is 81.7 Å². The minimum atomic E-state index is -0.0552. The molecule has 5 heteroatoms. The Morgan fingerprint density at radius 3 is 2.78 bits per heavy atom. The van der Waals surface area contributed by atoms with Crippen LogP contribution in [0.15, 0.2) is 64.8 Å². The summed E-state index contributed by atoms with van der Waals surface area (Å²) in [6.45, 7) is 1.61. The largest absolute Gasteiger partial charge is 0.364 e. The molecule has 1 aliphatic rings. The zero-order valence-corrected chi connectivity index (χ0v) is 15.6. The number of hydrogen-bond acceptors (Lipinski definition) is 4. The Labute approximate surface area is 161 Å². The van der Waals surface area contributed by atoms with E-state index >= 15 is 0 Å². The number of para-hydroxylation sites is 1. The van der Waals surface area contributed by atoms with E-state index in [2.05, 4.69) is 34.1 Å². The molecule has 1 aliphatic heterocycles. The van der Waals surface area contributed by atoms with Crippen LogP contribution in [-0.2, 0) is 13.0 Å². The van der Waals surface area contributed by atoms with Crippen LogP contribution in [-0.4, -0.2) is 16.5 Å². The van der Waals surface area contributed by atoms with Crippen molar-refractivity contribution in [2.75, 3.05) is 11.4 Å². The van der Waals surface area contributed by atoms with Gasteiger partial charge in [0.15, 0.2) is 0 Å². The van der Waals surface area contributed by atoms with E-state index in [4.69, 9.17) is 4.98 Å². The number of fused-ring (bicyclic) bond motifs is 2. The summed E-state index contributed by atoms with van der Waals surface area (Å²) >= 11 is 1.54. The second-order valence-electron chi connectivity index (χ2n) is 6.86. The molecule has 134 valence electrons. The highest BCUT2D eigenvalue weighted by molar-refractivity contribution is 7.17. The fourth-order valence-electron chi connectivity index (χ4n) is 3.86. The van der Waals surface area contributed by atoms with Crippen LogP contribution in [0.4, 0.5) is 5.69 Å². The number of anilines is 1. The molecule has 0 radical (unpaired) electrons. The Morgan fingerprint density at radius 2 is 1.89 bits per heavy atom. The van der Waals surface area contributed by atoms with Crippen molar-refractivity contribution in [3.63, 3.8) is 0 Å². The first kappa shape index (κ1) is 16.3. The minimum absolute atomic E-state index is 0.0552. The molecule has 0 aliphatic carbocycles. The first-order chi connectivity index (χ1) is 13.3. The third kappa shape index (κ3) is 2.94. The highest BCUT2D eigenvalue weighted by Gasteiger charge is 2.18. The van der Waals surface area contributed by atoms with Crippen LogP contribution < -0.4 is 10.5 Å². The normalized spacial score (nSPS) is 13.7. The Bertz CT molecular complexity index is 1160. The van der Waals surface area contributed by atoms with Crippen molar-refractivity contribution >= 4 is 27.2 Å². The molecule has 27 heavy (non-hydrogen) atoms. The van der Waals surface area contributed by atoms with Crippen molar-refractivity contribution in [1.82, 2.24) is 9.97 Å². The van der Waals surface area contributed by atoms with Crippen LogP contribution in [0, 0.1) is 0 Å². The van der Waals surface area contributed by atoms with Gasteiger partial charge >= 0.3 is 0 Å². The lowest BCUT2D eigenvalue weighted by molar-refractivity contribution is 0.674. The molecule has 0 bridgehead atoms. The predicted octanol–water partition coefficient (Wildman–Crippen LogP) is 4.60. The zero-order valence-electron chi connectivity index (χ0n) is 14.8. The molecule has 0 atom stereocenters. The van der Waals surface area contributed by atoms with Crippen LogP contribution >= 0.6 is 11.3 Å². The van der Waals surface area contributed by atoms with E-state index < -0.39 is 0 Å². The lowest BCUT2D eigenvalue weighted by atomic mass is 10.0. The minimum Gasteiger partial charge on any atom is -0.364 e. The Morgan fingerprint density at radius 1 is 1.07 bits per heavy atom. The molecular weight excluding hydrogens is 354 g/mol. The maximum atomic E-state index is 12.8. The number of thiophene rings is 1.